The number of furan rings is 1. The van der Waals surface area contributed by atoms with E-state index >= 15 is 0 Å². The van der Waals surface area contributed by atoms with Gasteiger partial charge in [0.1, 0.15) is 11.8 Å². The summed E-state index contributed by atoms with van der Waals surface area (Å²) in [6.45, 7) is 0.440. The van der Waals surface area contributed by atoms with Crippen LogP contribution < -0.4 is 11.3 Å². The van der Waals surface area contributed by atoms with Crippen molar-refractivity contribution in [1.82, 2.24) is 9.78 Å². The molecule has 19 heavy (non-hydrogen) atoms. The number of nitrogens with one attached hydrogen (secondary N) is 1. The summed E-state index contributed by atoms with van der Waals surface area (Å²) in [6, 6.07) is 7.75. The van der Waals surface area contributed by atoms with E-state index in [9.17, 15) is 4.79 Å². The van der Waals surface area contributed by atoms with E-state index in [1.165, 1.54) is 4.68 Å². The monoisotopic (exact) mass is 257 g/mol. The Morgan fingerprint density at radius 3 is 2.95 bits per heavy atom. The molecule has 0 bridgehead atoms. The lowest BCUT2D eigenvalue weighted by atomic mass is 10.1. The first-order valence-corrected chi connectivity index (χ1v) is 6.17. The van der Waals surface area contributed by atoms with E-state index in [-0.39, 0.29) is 5.56 Å². The van der Waals surface area contributed by atoms with Crippen LogP contribution in [0.3, 0.4) is 0 Å². The fourth-order valence-corrected chi connectivity index (χ4v) is 2.37. The molecular weight excluding hydrogens is 242 g/mol. The Morgan fingerprint density at radius 1 is 1.37 bits per heavy atom. The number of aryl methyl sites for hydroxylation is 1. The Labute approximate surface area is 109 Å². The molecule has 0 amide bonds. The average molecular weight is 257 g/mol. The second kappa shape index (κ2) is 4.44. The van der Waals surface area contributed by atoms with Gasteiger partial charge in [-0.2, -0.15) is 0 Å². The summed E-state index contributed by atoms with van der Waals surface area (Å²) in [5.74, 6) is 0. The largest absolute Gasteiger partial charge is 0.464 e. The smallest absolute Gasteiger partial charge is 0.270 e. The molecule has 0 atom stereocenters. The maximum absolute atomic E-state index is 12.1. The number of nitrogens with zero attached hydrogens (tertiary/aromatic N) is 1. The zero-order valence-corrected chi connectivity index (χ0v) is 10.6. The summed E-state index contributed by atoms with van der Waals surface area (Å²) in [6.07, 6.45) is 2.22. The van der Waals surface area contributed by atoms with E-state index in [2.05, 4.69) is 5.10 Å². The first kappa shape index (κ1) is 11.8. The summed E-state index contributed by atoms with van der Waals surface area (Å²) in [5, 5.41) is 4.07. The molecular formula is C14H15N3O2. The van der Waals surface area contributed by atoms with Crippen molar-refractivity contribution < 1.29 is 4.42 Å². The normalized spacial score (nSPS) is 11.3. The maximum atomic E-state index is 12.1. The number of benzene rings is 1. The molecule has 5 nitrogen and oxygen atoms in total. The average Bonchev–Trinajstić information content (AvgIpc) is 2.95. The fourth-order valence-electron chi connectivity index (χ4n) is 2.37. The van der Waals surface area contributed by atoms with E-state index in [1.807, 2.05) is 24.3 Å². The molecule has 5 heteroatoms. The van der Waals surface area contributed by atoms with Gasteiger partial charge in [-0.25, -0.2) is 0 Å². The number of hydrogen-bond acceptors (Lipinski definition) is 3. The highest BCUT2D eigenvalue weighted by Crippen LogP contribution is 2.30. The Bertz CT molecular complexity index is 779. The molecule has 3 N–H and O–H groups in total. The minimum absolute atomic E-state index is 0.0364. The number of aromatic nitrogens is 2. The van der Waals surface area contributed by atoms with Crippen LogP contribution in [0.1, 0.15) is 5.56 Å². The minimum atomic E-state index is -0.0364. The van der Waals surface area contributed by atoms with E-state index in [1.54, 1.807) is 13.3 Å². The lowest BCUT2D eigenvalue weighted by Gasteiger charge is -1.98. The number of para-hydroxylation sites is 1. The number of fused-ring (bicyclic) bond motifs is 1. The van der Waals surface area contributed by atoms with Crippen molar-refractivity contribution in [3.05, 3.63) is 46.4 Å². The summed E-state index contributed by atoms with van der Waals surface area (Å²) in [5.41, 5.74) is 8.76. The number of aromatic amines is 1. The molecule has 0 saturated heterocycles. The highest BCUT2D eigenvalue weighted by atomic mass is 16.3. The summed E-state index contributed by atoms with van der Waals surface area (Å²) >= 11 is 0. The predicted molar refractivity (Wildman–Crippen MR) is 74.0 cm³/mol. The zero-order chi connectivity index (χ0) is 13.4. The minimum Gasteiger partial charge on any atom is -0.464 e. The van der Waals surface area contributed by atoms with Crippen molar-refractivity contribution in [2.75, 3.05) is 6.54 Å². The Hall–Kier alpha value is -2.27. The molecule has 0 radical (unpaired) electrons. The van der Waals surface area contributed by atoms with Crippen LogP contribution in [0.2, 0.25) is 0 Å². The highest BCUT2D eigenvalue weighted by molar-refractivity contribution is 5.93. The molecule has 0 saturated carbocycles. The van der Waals surface area contributed by atoms with Crippen molar-refractivity contribution in [1.29, 1.82) is 0 Å². The lowest BCUT2D eigenvalue weighted by molar-refractivity contribution is 0.616. The van der Waals surface area contributed by atoms with Crippen LogP contribution in [0, 0.1) is 0 Å². The topological polar surface area (TPSA) is 76.9 Å². The maximum Gasteiger partial charge on any atom is 0.270 e. The van der Waals surface area contributed by atoms with Gasteiger partial charge in [0, 0.05) is 23.6 Å². The third-order valence-electron chi connectivity index (χ3n) is 3.29. The van der Waals surface area contributed by atoms with Crippen LogP contribution in [0.15, 0.2) is 39.7 Å². The molecule has 0 fully saturated rings. The van der Waals surface area contributed by atoms with Gasteiger partial charge in [0.15, 0.2) is 0 Å². The van der Waals surface area contributed by atoms with E-state index in [0.29, 0.717) is 18.5 Å². The molecule has 0 spiro atoms. The van der Waals surface area contributed by atoms with Crippen molar-refractivity contribution >= 4 is 11.0 Å². The first-order chi connectivity index (χ1) is 9.22. The molecule has 3 rings (SSSR count). The van der Waals surface area contributed by atoms with Crippen LogP contribution in [0.4, 0.5) is 0 Å². The molecule has 1 aromatic carbocycles. The summed E-state index contributed by atoms with van der Waals surface area (Å²) in [7, 11) is 1.70. The number of nitrogens with two attached hydrogens (primary N) is 1. The van der Waals surface area contributed by atoms with Crippen LogP contribution >= 0.6 is 0 Å². The van der Waals surface area contributed by atoms with Gasteiger partial charge in [0.05, 0.1) is 5.69 Å². The standard InChI is InChI=1S/C14H15N3O2/c1-17-14(18)10(6-7-15)13(16-17)11-8-19-12-5-3-2-4-9(11)12/h2-5,8,16H,6-7,15H2,1H3. The SMILES string of the molecule is Cn1[nH]c(-c2coc3ccccc23)c(CCN)c1=O. The van der Waals surface area contributed by atoms with Gasteiger partial charge in [-0.3, -0.25) is 14.6 Å². The quantitative estimate of drug-likeness (QED) is 0.748. The Balaban J connectivity index is 2.27. The molecule has 0 aliphatic carbocycles. The number of rotatable bonds is 3. The third kappa shape index (κ3) is 1.79. The van der Waals surface area contributed by atoms with E-state index < -0.39 is 0 Å². The fraction of sp³-hybridized carbons (Fsp3) is 0.214. The van der Waals surface area contributed by atoms with Gasteiger partial charge in [-0.15, -0.1) is 0 Å². The zero-order valence-electron chi connectivity index (χ0n) is 10.6. The van der Waals surface area contributed by atoms with Gasteiger partial charge in [-0.1, -0.05) is 18.2 Å². The third-order valence-corrected chi connectivity index (χ3v) is 3.29. The summed E-state index contributed by atoms with van der Waals surface area (Å²) in [4.78, 5) is 12.1. The van der Waals surface area contributed by atoms with Crippen LogP contribution in [-0.2, 0) is 13.5 Å². The Morgan fingerprint density at radius 2 is 2.16 bits per heavy atom. The first-order valence-electron chi connectivity index (χ1n) is 6.17. The highest BCUT2D eigenvalue weighted by Gasteiger charge is 2.17. The van der Waals surface area contributed by atoms with Gasteiger partial charge in [0.2, 0.25) is 0 Å². The molecule has 0 unspecified atom stereocenters. The Kier molecular flexibility index (Phi) is 2.76. The molecule has 0 aliphatic heterocycles. The van der Waals surface area contributed by atoms with Gasteiger partial charge >= 0.3 is 0 Å². The molecule has 2 aromatic heterocycles. The van der Waals surface area contributed by atoms with Gasteiger partial charge in [0.25, 0.3) is 5.56 Å². The van der Waals surface area contributed by atoms with Crippen LogP contribution in [-0.4, -0.2) is 16.3 Å². The predicted octanol–water partition coefficient (Wildman–Crippen LogP) is 1.63. The second-order valence-electron chi connectivity index (χ2n) is 4.51. The number of H-pyrrole nitrogens is 1. The van der Waals surface area contributed by atoms with Crippen LogP contribution in [0.5, 0.6) is 0 Å². The van der Waals surface area contributed by atoms with Crippen molar-refractivity contribution in [3.8, 4) is 11.3 Å². The van der Waals surface area contributed by atoms with Crippen molar-refractivity contribution in [3.63, 3.8) is 0 Å². The second-order valence-corrected chi connectivity index (χ2v) is 4.51. The lowest BCUT2D eigenvalue weighted by Crippen LogP contribution is -2.17. The van der Waals surface area contributed by atoms with Crippen molar-refractivity contribution in [2.24, 2.45) is 12.8 Å². The molecule has 98 valence electrons. The molecule has 3 aromatic rings. The molecule has 0 aliphatic rings. The summed E-state index contributed by atoms with van der Waals surface area (Å²) < 4.78 is 7.00. The van der Waals surface area contributed by atoms with Crippen molar-refractivity contribution in [2.45, 2.75) is 6.42 Å². The molecule has 2 heterocycles. The van der Waals surface area contributed by atoms with E-state index in [4.69, 9.17) is 10.2 Å². The van der Waals surface area contributed by atoms with E-state index in [0.717, 1.165) is 22.2 Å². The van der Waals surface area contributed by atoms with Gasteiger partial charge in [-0.05, 0) is 19.0 Å². The van der Waals surface area contributed by atoms with Crippen LogP contribution in [0.25, 0.3) is 22.2 Å². The number of hydrogen-bond donors (Lipinski definition) is 2. The van der Waals surface area contributed by atoms with Gasteiger partial charge < -0.3 is 10.2 Å².